The van der Waals surface area contributed by atoms with Crippen LogP contribution in [0, 0.1) is 0 Å². The Balaban J connectivity index is 2.58. The van der Waals surface area contributed by atoms with Crippen LogP contribution in [0.25, 0.3) is 0 Å². The Hall–Kier alpha value is -0.730. The lowest BCUT2D eigenvalue weighted by Crippen LogP contribution is -2.20. The van der Waals surface area contributed by atoms with Crippen molar-refractivity contribution in [1.82, 2.24) is 0 Å². The number of anilines is 1. The van der Waals surface area contributed by atoms with Crippen molar-refractivity contribution in [2.75, 3.05) is 17.7 Å². The van der Waals surface area contributed by atoms with Crippen LogP contribution in [0.15, 0.2) is 24.3 Å². The summed E-state index contributed by atoms with van der Waals surface area (Å²) in [5.41, 5.74) is 2.49. The molecule has 0 fully saturated rings. The first-order chi connectivity index (χ1) is 7.43. The monoisotopic (exact) mass is 241 g/mol. The zero-order valence-electron chi connectivity index (χ0n) is 10.1. The van der Waals surface area contributed by atoms with Gasteiger partial charge in [-0.3, -0.25) is 0 Å². The van der Waals surface area contributed by atoms with Crippen LogP contribution in [0.2, 0.25) is 0 Å². The molecule has 0 aliphatic carbocycles. The summed E-state index contributed by atoms with van der Waals surface area (Å²) in [6.45, 7) is 7.05. The molecule has 0 spiro atoms. The van der Waals surface area contributed by atoms with E-state index in [1.807, 2.05) is 12.1 Å². The average Bonchev–Trinajstić information content (AvgIpc) is 2.25. The molecule has 0 aliphatic rings. The summed E-state index contributed by atoms with van der Waals surface area (Å²) in [6, 6.07) is 8.27. The molecule has 16 heavy (non-hydrogen) atoms. The molecule has 1 atom stereocenters. The second-order valence-electron chi connectivity index (χ2n) is 5.02. The van der Waals surface area contributed by atoms with Crippen molar-refractivity contribution in [2.45, 2.75) is 32.3 Å². The van der Waals surface area contributed by atoms with E-state index in [1.54, 1.807) is 0 Å². The molecule has 0 saturated heterocycles. The predicted octanol–water partition coefficient (Wildman–Crippen LogP) is 3.00. The molecule has 0 heterocycles. The van der Waals surface area contributed by atoms with E-state index in [4.69, 9.17) is 11.6 Å². The summed E-state index contributed by atoms with van der Waals surface area (Å²) in [6.07, 6.45) is -0.496. The number of hydrogen-bond acceptors (Lipinski definition) is 2. The van der Waals surface area contributed by atoms with Crippen LogP contribution in [0.4, 0.5) is 5.69 Å². The zero-order valence-corrected chi connectivity index (χ0v) is 10.9. The fraction of sp³-hybridized carbons (Fsp3) is 0.538. The molecule has 1 aromatic rings. The molecule has 2 nitrogen and oxygen atoms in total. The molecule has 0 bridgehead atoms. The van der Waals surface area contributed by atoms with Gasteiger partial charge in [0, 0.05) is 12.2 Å². The molecule has 0 aliphatic heterocycles. The van der Waals surface area contributed by atoms with Crippen LogP contribution in [0.1, 0.15) is 26.3 Å². The number of hydrogen-bond donors (Lipinski definition) is 2. The summed E-state index contributed by atoms with van der Waals surface area (Å²) in [5.74, 6) is 0.257. The van der Waals surface area contributed by atoms with E-state index >= 15 is 0 Å². The Morgan fingerprint density at radius 3 is 2.25 bits per heavy atom. The van der Waals surface area contributed by atoms with Crippen LogP contribution in [-0.2, 0) is 5.41 Å². The Morgan fingerprint density at radius 1 is 1.25 bits per heavy atom. The summed E-state index contributed by atoms with van der Waals surface area (Å²) in [7, 11) is 0. The largest absolute Gasteiger partial charge is 0.390 e. The Kier molecular flexibility index (Phi) is 4.63. The quantitative estimate of drug-likeness (QED) is 0.795. The smallest absolute Gasteiger partial charge is 0.0847 e. The van der Waals surface area contributed by atoms with Gasteiger partial charge < -0.3 is 10.4 Å². The van der Waals surface area contributed by atoms with Gasteiger partial charge in [-0.05, 0) is 23.1 Å². The van der Waals surface area contributed by atoms with Crippen LogP contribution in [0.5, 0.6) is 0 Å². The Labute approximate surface area is 103 Å². The van der Waals surface area contributed by atoms with Gasteiger partial charge in [0.25, 0.3) is 0 Å². The molecule has 3 heteroatoms. The highest BCUT2D eigenvalue weighted by molar-refractivity contribution is 6.18. The van der Waals surface area contributed by atoms with Crippen molar-refractivity contribution in [2.24, 2.45) is 0 Å². The topological polar surface area (TPSA) is 32.3 Å². The van der Waals surface area contributed by atoms with Crippen molar-refractivity contribution in [3.8, 4) is 0 Å². The van der Waals surface area contributed by atoms with Crippen molar-refractivity contribution in [3.05, 3.63) is 29.8 Å². The maximum Gasteiger partial charge on any atom is 0.0847 e. The highest BCUT2D eigenvalue weighted by Gasteiger charge is 2.12. The van der Waals surface area contributed by atoms with Crippen LogP contribution in [0.3, 0.4) is 0 Å². The highest BCUT2D eigenvalue weighted by atomic mass is 35.5. The highest BCUT2D eigenvalue weighted by Crippen LogP contribution is 2.23. The van der Waals surface area contributed by atoms with E-state index in [0.717, 1.165) is 5.69 Å². The van der Waals surface area contributed by atoms with E-state index in [1.165, 1.54) is 5.56 Å². The number of benzene rings is 1. The third-order valence-electron chi connectivity index (χ3n) is 2.47. The summed E-state index contributed by atoms with van der Waals surface area (Å²) >= 11 is 5.51. The second-order valence-corrected chi connectivity index (χ2v) is 5.32. The van der Waals surface area contributed by atoms with Crippen molar-refractivity contribution in [1.29, 1.82) is 0 Å². The van der Waals surface area contributed by atoms with E-state index in [0.29, 0.717) is 6.54 Å². The van der Waals surface area contributed by atoms with Gasteiger partial charge in [0.2, 0.25) is 0 Å². The molecule has 0 radical (unpaired) electrons. The molecule has 1 unspecified atom stereocenters. The van der Waals surface area contributed by atoms with E-state index in [-0.39, 0.29) is 11.3 Å². The number of halogens is 1. The lowest BCUT2D eigenvalue weighted by Gasteiger charge is -2.19. The van der Waals surface area contributed by atoms with Crippen LogP contribution < -0.4 is 5.32 Å². The maximum absolute atomic E-state index is 9.31. The van der Waals surface area contributed by atoms with Gasteiger partial charge in [0.05, 0.1) is 12.0 Å². The SMILES string of the molecule is CC(C)(C)c1ccc(NCC(O)CCl)cc1. The van der Waals surface area contributed by atoms with Gasteiger partial charge in [-0.25, -0.2) is 0 Å². The first kappa shape index (κ1) is 13.3. The molecule has 0 aromatic heterocycles. The Bertz CT molecular complexity index is 316. The van der Waals surface area contributed by atoms with Gasteiger partial charge in [-0.2, -0.15) is 0 Å². The second kappa shape index (κ2) is 5.55. The number of aliphatic hydroxyl groups is 1. The third kappa shape index (κ3) is 4.03. The van der Waals surface area contributed by atoms with Crippen LogP contribution >= 0.6 is 11.6 Å². The first-order valence-corrected chi connectivity index (χ1v) is 6.05. The molecule has 90 valence electrons. The zero-order chi connectivity index (χ0) is 12.2. The third-order valence-corrected chi connectivity index (χ3v) is 2.83. The minimum absolute atomic E-state index is 0.175. The normalized spacial score (nSPS) is 13.6. The molecule has 2 N–H and O–H groups in total. The lowest BCUT2D eigenvalue weighted by atomic mass is 9.87. The van der Waals surface area contributed by atoms with E-state index in [9.17, 15) is 5.11 Å². The van der Waals surface area contributed by atoms with Crippen molar-refractivity contribution >= 4 is 17.3 Å². The van der Waals surface area contributed by atoms with E-state index in [2.05, 4.69) is 38.2 Å². The number of nitrogens with one attached hydrogen (secondary N) is 1. The fourth-order valence-corrected chi connectivity index (χ4v) is 1.49. The van der Waals surface area contributed by atoms with Gasteiger partial charge in [0.1, 0.15) is 0 Å². The standard InChI is InChI=1S/C13H20ClNO/c1-13(2,3)10-4-6-11(7-5-10)15-9-12(16)8-14/h4-7,12,15-16H,8-9H2,1-3H3. The maximum atomic E-state index is 9.31. The Morgan fingerprint density at radius 2 is 1.81 bits per heavy atom. The average molecular weight is 242 g/mol. The molecular weight excluding hydrogens is 222 g/mol. The van der Waals surface area contributed by atoms with Gasteiger partial charge >= 0.3 is 0 Å². The summed E-state index contributed by atoms with van der Waals surface area (Å²) < 4.78 is 0. The minimum atomic E-state index is -0.496. The number of rotatable bonds is 4. The van der Waals surface area contributed by atoms with Crippen molar-refractivity contribution < 1.29 is 5.11 Å². The number of alkyl halides is 1. The fourth-order valence-electron chi connectivity index (χ4n) is 1.38. The minimum Gasteiger partial charge on any atom is -0.390 e. The number of aliphatic hydroxyl groups excluding tert-OH is 1. The van der Waals surface area contributed by atoms with Gasteiger partial charge in [0.15, 0.2) is 0 Å². The molecule has 0 amide bonds. The molecular formula is C13H20ClNO. The first-order valence-electron chi connectivity index (χ1n) is 5.52. The lowest BCUT2D eigenvalue weighted by molar-refractivity contribution is 0.211. The molecule has 0 saturated carbocycles. The van der Waals surface area contributed by atoms with Crippen molar-refractivity contribution in [3.63, 3.8) is 0 Å². The molecule has 1 rings (SSSR count). The summed E-state index contributed by atoms with van der Waals surface area (Å²) in [4.78, 5) is 0. The molecule has 1 aromatic carbocycles. The van der Waals surface area contributed by atoms with E-state index < -0.39 is 6.10 Å². The van der Waals surface area contributed by atoms with Crippen LogP contribution in [-0.4, -0.2) is 23.6 Å². The predicted molar refractivity (Wildman–Crippen MR) is 70.4 cm³/mol. The summed E-state index contributed by atoms with van der Waals surface area (Å²) in [5, 5.41) is 12.4. The van der Waals surface area contributed by atoms with Gasteiger partial charge in [-0.1, -0.05) is 32.9 Å². The van der Waals surface area contributed by atoms with Gasteiger partial charge in [-0.15, -0.1) is 11.6 Å².